The molecule has 2 heteroatoms. The van der Waals surface area contributed by atoms with E-state index in [4.69, 9.17) is 5.73 Å². The van der Waals surface area contributed by atoms with Crippen molar-refractivity contribution in [1.82, 2.24) is 0 Å². The van der Waals surface area contributed by atoms with E-state index in [0.29, 0.717) is 6.04 Å². The van der Waals surface area contributed by atoms with Crippen LogP contribution >= 0.6 is 0 Å². The van der Waals surface area contributed by atoms with E-state index in [1.54, 1.807) is 0 Å². The quantitative estimate of drug-likeness (QED) is 0.844. The van der Waals surface area contributed by atoms with Crippen molar-refractivity contribution >= 4 is 5.69 Å². The Morgan fingerprint density at radius 1 is 1.25 bits per heavy atom. The van der Waals surface area contributed by atoms with Crippen molar-refractivity contribution in [2.45, 2.75) is 39.2 Å². The zero-order valence-corrected chi connectivity index (χ0v) is 10.4. The normalized spacial score (nSPS) is 20.4. The first kappa shape index (κ1) is 11.5. The fraction of sp³-hybridized carbons (Fsp3) is 0.571. The summed E-state index contributed by atoms with van der Waals surface area (Å²) in [6.45, 7) is 6.59. The van der Waals surface area contributed by atoms with Gasteiger partial charge in [0.25, 0.3) is 0 Å². The zero-order valence-electron chi connectivity index (χ0n) is 10.4. The van der Waals surface area contributed by atoms with E-state index in [0.717, 1.165) is 32.4 Å². The van der Waals surface area contributed by atoms with Crippen molar-refractivity contribution in [3.05, 3.63) is 29.3 Å². The van der Waals surface area contributed by atoms with Gasteiger partial charge in [-0.25, -0.2) is 0 Å². The lowest BCUT2D eigenvalue weighted by Gasteiger charge is -2.24. The van der Waals surface area contributed by atoms with Gasteiger partial charge in [0, 0.05) is 24.8 Å². The molecule has 1 aromatic carbocycles. The van der Waals surface area contributed by atoms with Gasteiger partial charge in [0.15, 0.2) is 0 Å². The zero-order chi connectivity index (χ0) is 11.5. The molecule has 16 heavy (non-hydrogen) atoms. The van der Waals surface area contributed by atoms with Crippen LogP contribution in [0.2, 0.25) is 0 Å². The van der Waals surface area contributed by atoms with Crippen LogP contribution in [0.5, 0.6) is 0 Å². The molecule has 0 amide bonds. The molecule has 1 heterocycles. The molecule has 0 saturated carbocycles. The largest absolute Gasteiger partial charge is 0.369 e. The highest BCUT2D eigenvalue weighted by Gasteiger charge is 2.22. The van der Waals surface area contributed by atoms with Crippen LogP contribution in [0.4, 0.5) is 5.69 Å². The molecular formula is C14H22N2. The van der Waals surface area contributed by atoms with Gasteiger partial charge >= 0.3 is 0 Å². The van der Waals surface area contributed by atoms with Crippen molar-refractivity contribution in [2.75, 3.05) is 18.0 Å². The van der Waals surface area contributed by atoms with E-state index in [1.165, 1.54) is 16.8 Å². The summed E-state index contributed by atoms with van der Waals surface area (Å²) in [6.07, 6.45) is 3.34. The van der Waals surface area contributed by atoms with Crippen molar-refractivity contribution in [3.63, 3.8) is 0 Å². The van der Waals surface area contributed by atoms with Crippen molar-refractivity contribution < 1.29 is 0 Å². The topological polar surface area (TPSA) is 29.3 Å². The highest BCUT2D eigenvalue weighted by molar-refractivity contribution is 5.60. The van der Waals surface area contributed by atoms with Crippen LogP contribution in [0.25, 0.3) is 0 Å². The van der Waals surface area contributed by atoms with Gasteiger partial charge in [-0.1, -0.05) is 32.0 Å². The summed E-state index contributed by atoms with van der Waals surface area (Å²) in [5.41, 5.74) is 10.4. The Morgan fingerprint density at radius 3 is 2.31 bits per heavy atom. The Bertz CT molecular complexity index is 338. The lowest BCUT2D eigenvalue weighted by Crippen LogP contribution is -2.27. The van der Waals surface area contributed by atoms with Gasteiger partial charge < -0.3 is 10.6 Å². The van der Waals surface area contributed by atoms with Gasteiger partial charge in [-0.3, -0.25) is 0 Å². The first-order chi connectivity index (χ1) is 7.76. The minimum Gasteiger partial charge on any atom is -0.369 e. The van der Waals surface area contributed by atoms with Crippen LogP contribution in [0.3, 0.4) is 0 Å². The number of hydrogen-bond donors (Lipinski definition) is 1. The second kappa shape index (κ2) is 4.88. The van der Waals surface area contributed by atoms with Gasteiger partial charge in [0.1, 0.15) is 0 Å². The highest BCUT2D eigenvalue weighted by Crippen LogP contribution is 2.29. The molecule has 1 aliphatic rings. The summed E-state index contributed by atoms with van der Waals surface area (Å²) in [6, 6.07) is 7.03. The highest BCUT2D eigenvalue weighted by atomic mass is 15.2. The maximum absolute atomic E-state index is 6.00. The molecule has 0 spiro atoms. The smallest absolute Gasteiger partial charge is 0.0431 e. The Hall–Kier alpha value is -1.02. The maximum atomic E-state index is 6.00. The molecule has 2 nitrogen and oxygen atoms in total. The fourth-order valence-electron chi connectivity index (χ4n) is 2.61. The lowest BCUT2D eigenvalue weighted by molar-refractivity contribution is 0.751. The molecule has 2 rings (SSSR count). The Kier molecular flexibility index (Phi) is 3.49. The molecule has 0 radical (unpaired) electrons. The summed E-state index contributed by atoms with van der Waals surface area (Å²) >= 11 is 0. The monoisotopic (exact) mass is 218 g/mol. The summed E-state index contributed by atoms with van der Waals surface area (Å²) in [5, 5.41) is 0. The van der Waals surface area contributed by atoms with Crippen LogP contribution in [0, 0.1) is 0 Å². The second-order valence-corrected chi connectivity index (χ2v) is 4.63. The molecule has 1 atom stereocenters. The van der Waals surface area contributed by atoms with Crippen LogP contribution in [-0.4, -0.2) is 19.1 Å². The molecule has 1 aliphatic heterocycles. The van der Waals surface area contributed by atoms with E-state index in [1.807, 2.05) is 0 Å². The number of aryl methyl sites for hydroxylation is 2. The first-order valence-corrected chi connectivity index (χ1v) is 6.37. The summed E-state index contributed by atoms with van der Waals surface area (Å²) in [5.74, 6) is 0. The molecule has 88 valence electrons. The maximum Gasteiger partial charge on any atom is 0.0431 e. The van der Waals surface area contributed by atoms with Crippen molar-refractivity contribution in [3.8, 4) is 0 Å². The summed E-state index contributed by atoms with van der Waals surface area (Å²) in [4.78, 5) is 2.47. The van der Waals surface area contributed by atoms with Crippen LogP contribution in [0.15, 0.2) is 18.2 Å². The molecule has 1 fully saturated rings. The van der Waals surface area contributed by atoms with Gasteiger partial charge in [0.2, 0.25) is 0 Å². The minimum atomic E-state index is 0.356. The lowest BCUT2D eigenvalue weighted by atomic mass is 10.0. The third-order valence-electron chi connectivity index (χ3n) is 3.51. The molecule has 0 aliphatic carbocycles. The van der Waals surface area contributed by atoms with Crippen LogP contribution in [-0.2, 0) is 12.8 Å². The van der Waals surface area contributed by atoms with Crippen LogP contribution < -0.4 is 10.6 Å². The van der Waals surface area contributed by atoms with Crippen molar-refractivity contribution in [1.29, 1.82) is 0 Å². The number of benzene rings is 1. The Balaban J connectivity index is 2.36. The third-order valence-corrected chi connectivity index (χ3v) is 3.51. The number of rotatable bonds is 3. The van der Waals surface area contributed by atoms with Gasteiger partial charge in [0.05, 0.1) is 0 Å². The van der Waals surface area contributed by atoms with E-state index in [9.17, 15) is 0 Å². The molecule has 2 N–H and O–H groups in total. The Labute approximate surface area is 98.4 Å². The SMILES string of the molecule is CCc1cccc(CC)c1N1CCC(N)C1. The second-order valence-electron chi connectivity index (χ2n) is 4.63. The molecule has 0 bridgehead atoms. The summed E-state index contributed by atoms with van der Waals surface area (Å²) < 4.78 is 0. The molecule has 1 unspecified atom stereocenters. The fourth-order valence-corrected chi connectivity index (χ4v) is 2.61. The van der Waals surface area contributed by atoms with E-state index in [-0.39, 0.29) is 0 Å². The number of hydrogen-bond acceptors (Lipinski definition) is 2. The average molecular weight is 218 g/mol. The van der Waals surface area contributed by atoms with Gasteiger partial charge in [-0.15, -0.1) is 0 Å². The van der Waals surface area contributed by atoms with Crippen LogP contribution in [0.1, 0.15) is 31.4 Å². The Morgan fingerprint density at radius 2 is 1.88 bits per heavy atom. The average Bonchev–Trinajstić information content (AvgIpc) is 2.74. The summed E-state index contributed by atoms with van der Waals surface area (Å²) in [7, 11) is 0. The molecule has 1 aromatic rings. The van der Waals surface area contributed by atoms with Gasteiger partial charge in [-0.05, 0) is 30.4 Å². The van der Waals surface area contributed by atoms with E-state index >= 15 is 0 Å². The first-order valence-electron chi connectivity index (χ1n) is 6.37. The predicted octanol–water partition coefficient (Wildman–Crippen LogP) is 2.35. The molecule has 0 aromatic heterocycles. The molecule has 1 saturated heterocycles. The minimum absolute atomic E-state index is 0.356. The van der Waals surface area contributed by atoms with Crippen molar-refractivity contribution in [2.24, 2.45) is 5.73 Å². The molecular weight excluding hydrogens is 196 g/mol. The number of nitrogens with zero attached hydrogens (tertiary/aromatic N) is 1. The number of anilines is 1. The number of nitrogens with two attached hydrogens (primary N) is 1. The predicted molar refractivity (Wildman–Crippen MR) is 70.0 cm³/mol. The number of para-hydroxylation sites is 1. The van der Waals surface area contributed by atoms with E-state index < -0.39 is 0 Å². The third kappa shape index (κ3) is 2.07. The van der Waals surface area contributed by atoms with Gasteiger partial charge in [-0.2, -0.15) is 0 Å². The standard InChI is InChI=1S/C14H22N2/c1-3-11-6-5-7-12(4-2)14(11)16-9-8-13(15)10-16/h5-7,13H,3-4,8-10,15H2,1-2H3. The van der Waals surface area contributed by atoms with E-state index in [2.05, 4.69) is 36.9 Å².